The molecule has 0 aliphatic carbocycles. The molecule has 2 N–H and O–H groups in total. The highest BCUT2D eigenvalue weighted by Gasteiger charge is 2.36. The van der Waals surface area contributed by atoms with Crippen molar-refractivity contribution in [2.24, 2.45) is 0 Å². The molecule has 2 aromatic carbocycles. The number of rotatable bonds is 7. The molecule has 0 saturated carbocycles. The van der Waals surface area contributed by atoms with E-state index in [0.717, 1.165) is 11.1 Å². The maximum absolute atomic E-state index is 12.9. The first kappa shape index (κ1) is 22.7. The van der Waals surface area contributed by atoms with E-state index in [4.69, 9.17) is 9.47 Å². The number of nitrogens with zero attached hydrogens (tertiary/aromatic N) is 1. The lowest BCUT2D eigenvalue weighted by atomic mass is 10.2. The molecule has 9 nitrogen and oxygen atoms in total. The molecule has 2 aromatic rings. The van der Waals surface area contributed by atoms with Gasteiger partial charge in [0.15, 0.2) is 0 Å². The predicted octanol–water partition coefficient (Wildman–Crippen LogP) is 0.783. The maximum Gasteiger partial charge on any atom is 0.309 e. The molecule has 0 unspecified atom stereocenters. The van der Waals surface area contributed by atoms with Gasteiger partial charge in [0.25, 0.3) is 0 Å². The largest absolute Gasteiger partial charge is 0.497 e. The van der Waals surface area contributed by atoms with Crippen LogP contribution in [0.3, 0.4) is 0 Å². The lowest BCUT2D eigenvalue weighted by molar-refractivity contribution is -0.139. The zero-order valence-electron chi connectivity index (χ0n) is 17.3. The Labute approximate surface area is 181 Å². The molecule has 1 fully saturated rings. The fraction of sp³-hybridized carbons (Fsp3) is 0.333. The summed E-state index contributed by atoms with van der Waals surface area (Å²) >= 11 is 0. The molecule has 1 heterocycles. The monoisotopic (exact) mass is 447 g/mol. The Morgan fingerprint density at radius 2 is 1.71 bits per heavy atom. The summed E-state index contributed by atoms with van der Waals surface area (Å²) in [6.45, 7) is 2.27. The van der Waals surface area contributed by atoms with Gasteiger partial charge in [-0.2, -0.15) is 4.31 Å². The van der Waals surface area contributed by atoms with Crippen LogP contribution in [0.2, 0.25) is 0 Å². The van der Waals surface area contributed by atoms with E-state index in [0.29, 0.717) is 5.75 Å². The van der Waals surface area contributed by atoms with Crippen molar-refractivity contribution in [3.05, 3.63) is 59.7 Å². The second-order valence-corrected chi connectivity index (χ2v) is 8.89. The van der Waals surface area contributed by atoms with Gasteiger partial charge in [-0.1, -0.05) is 29.8 Å². The molecule has 1 saturated heterocycles. The van der Waals surface area contributed by atoms with E-state index < -0.39 is 28.1 Å². The number of hydrogen-bond donors (Lipinski definition) is 2. The van der Waals surface area contributed by atoms with Crippen LogP contribution in [0.1, 0.15) is 11.1 Å². The van der Waals surface area contributed by atoms with E-state index in [-0.39, 0.29) is 31.1 Å². The van der Waals surface area contributed by atoms with Crippen molar-refractivity contribution in [2.45, 2.75) is 24.6 Å². The normalized spacial score (nSPS) is 16.6. The number of ether oxygens (including phenoxy) is 2. The highest BCUT2D eigenvalue weighted by molar-refractivity contribution is 7.89. The highest BCUT2D eigenvalue weighted by Crippen LogP contribution is 2.22. The van der Waals surface area contributed by atoms with Crippen molar-refractivity contribution >= 4 is 21.8 Å². The number of benzene rings is 2. The van der Waals surface area contributed by atoms with Gasteiger partial charge in [0, 0.05) is 13.1 Å². The Balaban J connectivity index is 1.53. The first-order valence-corrected chi connectivity index (χ1v) is 11.1. The van der Waals surface area contributed by atoms with Crippen LogP contribution < -0.4 is 15.4 Å². The summed E-state index contributed by atoms with van der Waals surface area (Å²) in [4.78, 5) is 24.3. The topological polar surface area (TPSA) is 114 Å². The van der Waals surface area contributed by atoms with E-state index >= 15 is 0 Å². The van der Waals surface area contributed by atoms with Crippen LogP contribution >= 0.6 is 0 Å². The molecule has 0 bridgehead atoms. The quantitative estimate of drug-likeness (QED) is 0.607. The molecule has 1 atom stereocenters. The third kappa shape index (κ3) is 5.60. The molecule has 0 spiro atoms. The van der Waals surface area contributed by atoms with Crippen LogP contribution in [-0.2, 0) is 30.9 Å². The number of carbonyl (C=O) groups excluding carboxylic acids is 2. The Kier molecular flexibility index (Phi) is 7.26. The molecular weight excluding hydrogens is 422 g/mol. The van der Waals surface area contributed by atoms with Crippen LogP contribution in [0, 0.1) is 6.92 Å². The van der Waals surface area contributed by atoms with Gasteiger partial charge in [-0.15, -0.1) is 0 Å². The smallest absolute Gasteiger partial charge is 0.309 e. The lowest BCUT2D eigenvalue weighted by Gasteiger charge is -2.22. The minimum Gasteiger partial charge on any atom is -0.497 e. The number of methoxy groups -OCH3 is 1. The summed E-state index contributed by atoms with van der Waals surface area (Å²) in [7, 11) is -2.22. The SMILES string of the molecule is COc1ccc(CNC(=O)C(=O)NC[C@H]2OCCN2S(=O)(=O)c2ccc(C)cc2)cc1. The van der Waals surface area contributed by atoms with Gasteiger partial charge >= 0.3 is 11.8 Å². The fourth-order valence-corrected chi connectivity index (χ4v) is 4.56. The zero-order valence-corrected chi connectivity index (χ0v) is 18.1. The molecule has 2 amide bonds. The van der Waals surface area contributed by atoms with Crippen molar-refractivity contribution in [3.8, 4) is 5.75 Å². The number of amides is 2. The Hall–Kier alpha value is -2.95. The molecule has 0 aromatic heterocycles. The van der Waals surface area contributed by atoms with Crippen molar-refractivity contribution < 1.29 is 27.5 Å². The highest BCUT2D eigenvalue weighted by atomic mass is 32.2. The summed E-state index contributed by atoms with van der Waals surface area (Å²) in [5.41, 5.74) is 1.75. The lowest BCUT2D eigenvalue weighted by Crippen LogP contribution is -2.47. The first-order chi connectivity index (χ1) is 14.8. The van der Waals surface area contributed by atoms with Crippen molar-refractivity contribution in [2.75, 3.05) is 26.8 Å². The van der Waals surface area contributed by atoms with Crippen molar-refractivity contribution in [3.63, 3.8) is 0 Å². The number of nitrogens with one attached hydrogen (secondary N) is 2. The minimum absolute atomic E-state index is 0.139. The third-order valence-electron chi connectivity index (χ3n) is 4.83. The third-order valence-corrected chi connectivity index (χ3v) is 6.73. The zero-order chi connectivity index (χ0) is 22.4. The second kappa shape index (κ2) is 9.90. The average Bonchev–Trinajstić information content (AvgIpc) is 3.26. The summed E-state index contributed by atoms with van der Waals surface area (Å²) in [6.07, 6.45) is -0.885. The van der Waals surface area contributed by atoms with Gasteiger partial charge in [0.05, 0.1) is 25.2 Å². The van der Waals surface area contributed by atoms with Crippen LogP contribution in [0.4, 0.5) is 0 Å². The summed E-state index contributed by atoms with van der Waals surface area (Å²) in [5.74, 6) is -0.993. The Morgan fingerprint density at radius 3 is 2.35 bits per heavy atom. The molecule has 3 rings (SSSR count). The Morgan fingerprint density at radius 1 is 1.06 bits per heavy atom. The van der Waals surface area contributed by atoms with Gasteiger partial charge in [0.2, 0.25) is 10.0 Å². The number of aryl methyl sites for hydroxylation is 1. The van der Waals surface area contributed by atoms with Crippen LogP contribution in [0.25, 0.3) is 0 Å². The fourth-order valence-electron chi connectivity index (χ4n) is 3.05. The van der Waals surface area contributed by atoms with Gasteiger partial charge in [-0.05, 0) is 36.8 Å². The molecule has 10 heteroatoms. The van der Waals surface area contributed by atoms with Crippen molar-refractivity contribution in [1.29, 1.82) is 0 Å². The first-order valence-electron chi connectivity index (χ1n) is 9.70. The molecule has 31 heavy (non-hydrogen) atoms. The predicted molar refractivity (Wildman–Crippen MR) is 113 cm³/mol. The van der Waals surface area contributed by atoms with E-state index in [1.165, 1.54) is 16.4 Å². The van der Waals surface area contributed by atoms with E-state index in [2.05, 4.69) is 10.6 Å². The van der Waals surface area contributed by atoms with Gasteiger partial charge in [0.1, 0.15) is 12.0 Å². The molecule has 1 aliphatic heterocycles. The van der Waals surface area contributed by atoms with E-state index in [9.17, 15) is 18.0 Å². The average molecular weight is 448 g/mol. The summed E-state index contributed by atoms with van der Waals surface area (Å²) in [5, 5.41) is 4.96. The summed E-state index contributed by atoms with van der Waals surface area (Å²) in [6, 6.07) is 13.6. The van der Waals surface area contributed by atoms with Crippen LogP contribution in [-0.4, -0.2) is 57.6 Å². The van der Waals surface area contributed by atoms with Gasteiger partial charge in [-0.25, -0.2) is 8.42 Å². The molecule has 1 aliphatic rings. The molecule has 166 valence electrons. The van der Waals surface area contributed by atoms with E-state index in [1.807, 2.05) is 6.92 Å². The van der Waals surface area contributed by atoms with Crippen LogP contribution in [0.5, 0.6) is 5.75 Å². The molecular formula is C21H25N3O6S. The van der Waals surface area contributed by atoms with Gasteiger partial charge in [-0.3, -0.25) is 9.59 Å². The number of carbonyl (C=O) groups is 2. The maximum atomic E-state index is 12.9. The van der Waals surface area contributed by atoms with Crippen LogP contribution in [0.15, 0.2) is 53.4 Å². The van der Waals surface area contributed by atoms with Crippen molar-refractivity contribution in [1.82, 2.24) is 14.9 Å². The minimum atomic E-state index is -3.78. The van der Waals surface area contributed by atoms with Gasteiger partial charge < -0.3 is 20.1 Å². The second-order valence-electron chi connectivity index (χ2n) is 7.00. The molecule has 0 radical (unpaired) electrons. The number of sulfonamides is 1. The van der Waals surface area contributed by atoms with E-state index in [1.54, 1.807) is 43.5 Å². The Bertz CT molecular complexity index is 1020. The standard InChI is InChI=1S/C21H25N3O6S/c1-15-3-9-18(10-4-15)31(27,28)24-11-12-30-19(24)14-23-21(26)20(25)22-13-16-5-7-17(29-2)8-6-16/h3-10,19H,11-14H2,1-2H3,(H,22,25)(H,23,26)/t19-/m1/s1. The number of hydrogen-bond acceptors (Lipinski definition) is 6. The summed E-state index contributed by atoms with van der Waals surface area (Å²) < 4.78 is 37.5.